The van der Waals surface area contributed by atoms with Gasteiger partial charge in [0.25, 0.3) is 5.56 Å². The van der Waals surface area contributed by atoms with Gasteiger partial charge < -0.3 is 9.64 Å². The van der Waals surface area contributed by atoms with Crippen LogP contribution >= 0.6 is 0 Å². The Morgan fingerprint density at radius 1 is 0.919 bits per heavy atom. The lowest BCUT2D eigenvalue weighted by Gasteiger charge is -2.38. The van der Waals surface area contributed by atoms with Gasteiger partial charge in [-0.25, -0.2) is 4.98 Å². The number of rotatable bonds is 7. The first kappa shape index (κ1) is 24.7. The van der Waals surface area contributed by atoms with Gasteiger partial charge in [0, 0.05) is 26.2 Å². The molecule has 4 aromatic rings. The summed E-state index contributed by atoms with van der Waals surface area (Å²) in [6.45, 7) is 7.20. The molecule has 37 heavy (non-hydrogen) atoms. The van der Waals surface area contributed by atoms with Crippen molar-refractivity contribution in [2.45, 2.75) is 26.3 Å². The molecule has 0 spiro atoms. The van der Waals surface area contributed by atoms with Gasteiger partial charge in [-0.15, -0.1) is 0 Å². The van der Waals surface area contributed by atoms with Crippen LogP contribution in [0.4, 0.5) is 0 Å². The molecule has 0 saturated carbocycles. The van der Waals surface area contributed by atoms with Crippen molar-refractivity contribution >= 4 is 16.8 Å². The van der Waals surface area contributed by atoms with E-state index in [4.69, 9.17) is 9.72 Å². The molecule has 1 unspecified atom stereocenters. The number of piperazine rings is 1. The zero-order chi connectivity index (χ0) is 25.8. The van der Waals surface area contributed by atoms with Crippen LogP contribution in [0.5, 0.6) is 5.75 Å². The molecule has 7 heteroatoms. The Balaban J connectivity index is 1.44. The van der Waals surface area contributed by atoms with Gasteiger partial charge in [-0.05, 0) is 43.7 Å². The molecule has 3 aromatic carbocycles. The highest BCUT2D eigenvalue weighted by atomic mass is 16.5. The van der Waals surface area contributed by atoms with Crippen LogP contribution in [0.15, 0.2) is 83.7 Å². The smallest absolute Gasteiger partial charge is 0.266 e. The number of aromatic nitrogens is 2. The number of hydrogen-bond donors (Lipinski definition) is 0. The molecular formula is C30H32N4O3. The van der Waals surface area contributed by atoms with Crippen molar-refractivity contribution < 1.29 is 9.53 Å². The van der Waals surface area contributed by atoms with Crippen LogP contribution in [0, 0.1) is 0 Å². The first-order valence-electron chi connectivity index (χ1n) is 12.9. The largest absolute Gasteiger partial charge is 0.492 e. The minimum absolute atomic E-state index is 0.115. The Hall–Kier alpha value is -3.97. The predicted molar refractivity (Wildman–Crippen MR) is 145 cm³/mol. The Labute approximate surface area is 216 Å². The SMILES string of the molecule is CCOc1ccccc1-n1c(C(C)N2CCN(C(=O)Cc3ccccc3)CC2)nc2ccccc2c1=O. The zero-order valence-electron chi connectivity index (χ0n) is 21.3. The monoisotopic (exact) mass is 496 g/mol. The fourth-order valence-corrected chi connectivity index (χ4v) is 4.99. The summed E-state index contributed by atoms with van der Waals surface area (Å²) in [5, 5.41) is 0.570. The van der Waals surface area contributed by atoms with Gasteiger partial charge in [0.05, 0.1) is 35.7 Å². The van der Waals surface area contributed by atoms with E-state index >= 15 is 0 Å². The normalized spacial score (nSPS) is 15.0. The fourth-order valence-electron chi connectivity index (χ4n) is 4.99. The van der Waals surface area contributed by atoms with Crippen LogP contribution in [0.1, 0.15) is 31.3 Å². The van der Waals surface area contributed by atoms with Crippen LogP contribution in [0.2, 0.25) is 0 Å². The lowest BCUT2D eigenvalue weighted by molar-refractivity contribution is -0.132. The van der Waals surface area contributed by atoms with Crippen LogP contribution in [-0.4, -0.2) is 58.0 Å². The molecule has 1 aliphatic rings. The highest BCUT2D eigenvalue weighted by molar-refractivity contribution is 5.79. The number of carbonyl (C=O) groups is 1. The van der Waals surface area contributed by atoms with Crippen LogP contribution in [0.3, 0.4) is 0 Å². The summed E-state index contributed by atoms with van der Waals surface area (Å²) in [6, 6.07) is 24.8. The summed E-state index contributed by atoms with van der Waals surface area (Å²) in [7, 11) is 0. The maximum Gasteiger partial charge on any atom is 0.266 e. The van der Waals surface area contributed by atoms with E-state index in [1.807, 2.05) is 90.7 Å². The van der Waals surface area contributed by atoms with Crippen LogP contribution in [-0.2, 0) is 11.2 Å². The van der Waals surface area contributed by atoms with Crippen molar-refractivity contribution in [2.24, 2.45) is 0 Å². The van der Waals surface area contributed by atoms with Crippen molar-refractivity contribution in [3.8, 4) is 11.4 Å². The number of nitrogens with zero attached hydrogens (tertiary/aromatic N) is 4. The minimum Gasteiger partial charge on any atom is -0.492 e. The molecule has 0 N–H and O–H groups in total. The van der Waals surface area contributed by atoms with E-state index in [1.54, 1.807) is 4.57 Å². The van der Waals surface area contributed by atoms with Crippen molar-refractivity contribution in [1.29, 1.82) is 0 Å². The third-order valence-corrected chi connectivity index (χ3v) is 6.99. The summed E-state index contributed by atoms with van der Waals surface area (Å²) < 4.78 is 7.58. The zero-order valence-corrected chi connectivity index (χ0v) is 21.3. The third kappa shape index (κ3) is 5.13. The second-order valence-electron chi connectivity index (χ2n) is 9.28. The molecule has 5 rings (SSSR count). The molecule has 1 fully saturated rings. The van der Waals surface area contributed by atoms with Gasteiger partial charge in [0.15, 0.2) is 0 Å². The Bertz CT molecular complexity index is 1440. The van der Waals surface area contributed by atoms with E-state index in [2.05, 4.69) is 11.8 Å². The maximum atomic E-state index is 13.8. The standard InChI is InChI=1S/C30H32N4O3/c1-3-37-27-16-10-9-15-26(27)34-29(31-25-14-8-7-13-24(25)30(34)36)22(2)32-17-19-33(20-18-32)28(35)21-23-11-5-4-6-12-23/h4-16,22H,3,17-21H2,1-2H3. The predicted octanol–water partition coefficient (Wildman–Crippen LogP) is 4.23. The van der Waals surface area contributed by atoms with E-state index in [1.165, 1.54) is 0 Å². The Morgan fingerprint density at radius 3 is 2.35 bits per heavy atom. The van der Waals surface area contributed by atoms with Crippen molar-refractivity contribution in [3.05, 3.63) is 101 Å². The lowest BCUT2D eigenvalue weighted by Crippen LogP contribution is -2.50. The third-order valence-electron chi connectivity index (χ3n) is 6.99. The Morgan fingerprint density at radius 2 is 1.59 bits per heavy atom. The molecule has 1 atom stereocenters. The van der Waals surface area contributed by atoms with Crippen LogP contribution in [0.25, 0.3) is 16.6 Å². The molecule has 0 aliphatic carbocycles. The highest BCUT2D eigenvalue weighted by Gasteiger charge is 2.28. The summed E-state index contributed by atoms with van der Waals surface area (Å²) in [6.07, 6.45) is 0.413. The van der Waals surface area contributed by atoms with E-state index in [-0.39, 0.29) is 17.5 Å². The number of ether oxygens (including phenoxy) is 1. The summed E-state index contributed by atoms with van der Waals surface area (Å²) in [5.74, 6) is 1.46. The van der Waals surface area contributed by atoms with Crippen molar-refractivity contribution in [1.82, 2.24) is 19.4 Å². The fraction of sp³-hybridized carbons (Fsp3) is 0.300. The van der Waals surface area contributed by atoms with Gasteiger partial charge in [-0.1, -0.05) is 54.6 Å². The highest BCUT2D eigenvalue weighted by Crippen LogP contribution is 2.28. The van der Waals surface area contributed by atoms with Gasteiger partial charge in [0.1, 0.15) is 11.6 Å². The van der Waals surface area contributed by atoms with E-state index in [0.29, 0.717) is 67.4 Å². The number of carbonyl (C=O) groups excluding carboxylic acids is 1. The minimum atomic E-state index is -0.140. The average molecular weight is 497 g/mol. The molecular weight excluding hydrogens is 464 g/mol. The number of hydrogen-bond acceptors (Lipinski definition) is 5. The van der Waals surface area contributed by atoms with Crippen molar-refractivity contribution in [2.75, 3.05) is 32.8 Å². The van der Waals surface area contributed by atoms with E-state index in [9.17, 15) is 9.59 Å². The first-order chi connectivity index (χ1) is 18.1. The number of amides is 1. The number of benzene rings is 3. The van der Waals surface area contributed by atoms with Crippen molar-refractivity contribution in [3.63, 3.8) is 0 Å². The second kappa shape index (κ2) is 11.0. The quantitative estimate of drug-likeness (QED) is 0.383. The van der Waals surface area contributed by atoms with Gasteiger partial charge in [-0.3, -0.25) is 19.1 Å². The number of para-hydroxylation sites is 3. The molecule has 1 amide bonds. The number of fused-ring (bicyclic) bond motifs is 1. The second-order valence-corrected chi connectivity index (χ2v) is 9.28. The maximum absolute atomic E-state index is 13.8. The molecule has 1 saturated heterocycles. The summed E-state index contributed by atoms with van der Waals surface area (Å²) >= 11 is 0. The van der Waals surface area contributed by atoms with E-state index < -0.39 is 0 Å². The summed E-state index contributed by atoms with van der Waals surface area (Å²) in [5.41, 5.74) is 2.28. The first-order valence-corrected chi connectivity index (χ1v) is 12.9. The molecule has 1 aliphatic heterocycles. The van der Waals surface area contributed by atoms with Gasteiger partial charge in [-0.2, -0.15) is 0 Å². The molecule has 0 radical (unpaired) electrons. The summed E-state index contributed by atoms with van der Waals surface area (Å²) in [4.78, 5) is 35.9. The average Bonchev–Trinajstić information content (AvgIpc) is 2.94. The molecule has 1 aromatic heterocycles. The van der Waals surface area contributed by atoms with Gasteiger partial charge in [0.2, 0.25) is 5.91 Å². The van der Waals surface area contributed by atoms with E-state index in [0.717, 1.165) is 5.56 Å². The molecule has 190 valence electrons. The molecule has 0 bridgehead atoms. The van der Waals surface area contributed by atoms with Gasteiger partial charge >= 0.3 is 0 Å². The topological polar surface area (TPSA) is 67.7 Å². The van der Waals surface area contributed by atoms with Crippen LogP contribution < -0.4 is 10.3 Å². The molecule has 7 nitrogen and oxygen atoms in total. The molecule has 2 heterocycles. The Kier molecular flexibility index (Phi) is 7.32. The lowest BCUT2D eigenvalue weighted by atomic mass is 10.1.